The summed E-state index contributed by atoms with van der Waals surface area (Å²) in [5.41, 5.74) is 0.0875. The topological polar surface area (TPSA) is 58.2 Å². The second kappa shape index (κ2) is 6.30. The Bertz CT molecular complexity index is 652. The fourth-order valence-electron chi connectivity index (χ4n) is 4.51. The molecular formula is C17H22F3N3O2. The third kappa shape index (κ3) is 3.16. The van der Waals surface area contributed by atoms with Crippen molar-refractivity contribution in [2.75, 3.05) is 19.7 Å². The van der Waals surface area contributed by atoms with Crippen LogP contribution in [-0.2, 0) is 22.1 Å². The van der Waals surface area contributed by atoms with Crippen molar-refractivity contribution < 1.29 is 22.7 Å². The average Bonchev–Trinajstić information content (AvgIpc) is 3.27. The molecule has 1 aromatic heterocycles. The molecule has 0 aromatic carbocycles. The van der Waals surface area contributed by atoms with E-state index in [9.17, 15) is 18.0 Å². The first-order valence-corrected chi connectivity index (χ1v) is 8.97. The van der Waals surface area contributed by atoms with Crippen molar-refractivity contribution in [3.05, 3.63) is 17.0 Å². The Morgan fingerprint density at radius 3 is 2.88 bits per heavy atom. The van der Waals surface area contributed by atoms with Crippen LogP contribution in [0.15, 0.2) is 0 Å². The largest absolute Gasteiger partial charge is 0.435 e. The van der Waals surface area contributed by atoms with E-state index in [1.807, 2.05) is 4.90 Å². The van der Waals surface area contributed by atoms with Crippen molar-refractivity contribution in [3.63, 3.8) is 0 Å². The molecule has 1 amide bonds. The van der Waals surface area contributed by atoms with Crippen molar-refractivity contribution in [1.82, 2.24) is 15.1 Å². The zero-order valence-corrected chi connectivity index (χ0v) is 13.9. The van der Waals surface area contributed by atoms with Gasteiger partial charge >= 0.3 is 6.18 Å². The van der Waals surface area contributed by atoms with Crippen molar-refractivity contribution in [3.8, 4) is 0 Å². The molecule has 4 rings (SSSR count). The van der Waals surface area contributed by atoms with Gasteiger partial charge < -0.3 is 9.64 Å². The number of likely N-dealkylation sites (tertiary alicyclic amines) is 1. The smallest absolute Gasteiger partial charge is 0.378 e. The van der Waals surface area contributed by atoms with Crippen molar-refractivity contribution >= 4 is 5.91 Å². The molecule has 2 saturated heterocycles. The number of nitrogens with zero attached hydrogens (tertiary/aromatic N) is 2. The molecule has 3 atom stereocenters. The molecule has 0 bridgehead atoms. The van der Waals surface area contributed by atoms with Crippen LogP contribution in [0.2, 0.25) is 0 Å². The number of carbonyl (C=O) groups excluding carboxylic acids is 1. The number of hydrogen-bond acceptors (Lipinski definition) is 3. The molecule has 2 aliphatic heterocycles. The summed E-state index contributed by atoms with van der Waals surface area (Å²) in [7, 11) is 0. The van der Waals surface area contributed by atoms with Crippen LogP contribution in [0.4, 0.5) is 13.2 Å². The van der Waals surface area contributed by atoms with Gasteiger partial charge in [0.25, 0.3) is 0 Å². The molecule has 0 spiro atoms. The molecule has 3 heterocycles. The van der Waals surface area contributed by atoms with Gasteiger partial charge in [0, 0.05) is 43.3 Å². The van der Waals surface area contributed by atoms with Gasteiger partial charge in [0.2, 0.25) is 5.91 Å². The zero-order valence-electron chi connectivity index (χ0n) is 13.9. The maximum absolute atomic E-state index is 13.0. The number of amides is 1. The maximum Gasteiger partial charge on any atom is 0.435 e. The lowest BCUT2D eigenvalue weighted by Gasteiger charge is -2.24. The van der Waals surface area contributed by atoms with Gasteiger partial charge in [-0.05, 0) is 38.0 Å². The molecule has 0 saturated carbocycles. The summed E-state index contributed by atoms with van der Waals surface area (Å²) in [5.74, 6) is 0.252. The number of H-pyrrole nitrogens is 1. The van der Waals surface area contributed by atoms with Crippen molar-refractivity contribution in [2.24, 2.45) is 5.92 Å². The summed E-state index contributed by atoms with van der Waals surface area (Å²) >= 11 is 0. The van der Waals surface area contributed by atoms with Gasteiger partial charge in [0.1, 0.15) is 0 Å². The molecular weight excluding hydrogens is 335 g/mol. The van der Waals surface area contributed by atoms with E-state index in [0.717, 1.165) is 25.9 Å². The fourth-order valence-corrected chi connectivity index (χ4v) is 4.51. The number of alkyl halides is 3. The highest BCUT2D eigenvalue weighted by Crippen LogP contribution is 2.44. The fraction of sp³-hybridized carbons (Fsp3) is 0.765. The van der Waals surface area contributed by atoms with Gasteiger partial charge in [0.15, 0.2) is 5.69 Å². The monoisotopic (exact) mass is 357 g/mol. The van der Waals surface area contributed by atoms with E-state index in [1.165, 1.54) is 0 Å². The Labute approximate surface area is 143 Å². The Kier molecular flexibility index (Phi) is 4.25. The van der Waals surface area contributed by atoms with Crippen LogP contribution in [0.3, 0.4) is 0 Å². The standard InChI is InChI=1S/C17H22F3N3O2/c18-17(19,20)16-12-5-3-10-8-23(9-13(10)15(12)21-22-16)14(24)6-4-11-2-1-7-25-11/h10-11,13H,1-9H2,(H,21,22)/t10-,11-,13+/m1/s1. The molecule has 1 aliphatic carbocycles. The van der Waals surface area contributed by atoms with Gasteiger partial charge in [-0.25, -0.2) is 0 Å². The number of fused-ring (bicyclic) bond motifs is 3. The van der Waals surface area contributed by atoms with Crippen LogP contribution < -0.4 is 0 Å². The predicted molar refractivity (Wildman–Crippen MR) is 82.9 cm³/mol. The number of rotatable bonds is 3. The van der Waals surface area contributed by atoms with Crippen molar-refractivity contribution in [2.45, 2.75) is 56.7 Å². The summed E-state index contributed by atoms with van der Waals surface area (Å²) in [6.07, 6.45) is 0.0587. The molecule has 138 valence electrons. The summed E-state index contributed by atoms with van der Waals surface area (Å²) in [4.78, 5) is 14.3. The minimum absolute atomic E-state index is 0.0565. The van der Waals surface area contributed by atoms with Gasteiger partial charge in [-0.3, -0.25) is 9.89 Å². The molecule has 1 N–H and O–H groups in total. The van der Waals surface area contributed by atoms with E-state index in [0.29, 0.717) is 43.6 Å². The summed E-state index contributed by atoms with van der Waals surface area (Å²) in [6.45, 7) is 1.90. The highest BCUT2D eigenvalue weighted by molar-refractivity contribution is 5.76. The molecule has 2 fully saturated rings. The summed E-state index contributed by atoms with van der Waals surface area (Å²) in [6, 6.07) is 0. The number of hydrogen-bond donors (Lipinski definition) is 1. The van der Waals surface area contributed by atoms with Crippen LogP contribution >= 0.6 is 0 Å². The Morgan fingerprint density at radius 2 is 2.16 bits per heavy atom. The summed E-state index contributed by atoms with van der Waals surface area (Å²) < 4.78 is 44.7. The van der Waals surface area contributed by atoms with E-state index in [1.54, 1.807) is 0 Å². The van der Waals surface area contributed by atoms with E-state index >= 15 is 0 Å². The lowest BCUT2D eigenvalue weighted by Crippen LogP contribution is -2.29. The summed E-state index contributed by atoms with van der Waals surface area (Å²) in [5, 5.41) is 6.13. The van der Waals surface area contributed by atoms with E-state index < -0.39 is 11.9 Å². The van der Waals surface area contributed by atoms with Crippen LogP contribution in [0.25, 0.3) is 0 Å². The van der Waals surface area contributed by atoms with Gasteiger partial charge in [-0.1, -0.05) is 0 Å². The van der Waals surface area contributed by atoms with Crippen LogP contribution in [-0.4, -0.2) is 46.8 Å². The first-order chi connectivity index (χ1) is 11.9. The molecule has 1 aromatic rings. The number of halogens is 3. The van der Waals surface area contributed by atoms with Crippen molar-refractivity contribution in [1.29, 1.82) is 0 Å². The van der Waals surface area contributed by atoms with Crippen LogP contribution in [0.5, 0.6) is 0 Å². The molecule has 0 unspecified atom stereocenters. The quantitative estimate of drug-likeness (QED) is 0.905. The lowest BCUT2D eigenvalue weighted by atomic mass is 9.80. The normalized spacial score (nSPS) is 28.9. The Balaban J connectivity index is 1.42. The highest BCUT2D eigenvalue weighted by atomic mass is 19.4. The van der Waals surface area contributed by atoms with Gasteiger partial charge in [-0.2, -0.15) is 18.3 Å². The average molecular weight is 357 g/mol. The van der Waals surface area contributed by atoms with Crippen LogP contribution in [0.1, 0.15) is 55.0 Å². The number of aromatic amines is 1. The Morgan fingerprint density at radius 1 is 1.32 bits per heavy atom. The number of nitrogens with one attached hydrogen (secondary N) is 1. The van der Waals surface area contributed by atoms with Crippen LogP contribution in [0, 0.1) is 5.92 Å². The molecule has 25 heavy (non-hydrogen) atoms. The second-order valence-electron chi connectivity index (χ2n) is 7.34. The van der Waals surface area contributed by atoms with Gasteiger partial charge in [0.05, 0.1) is 6.10 Å². The zero-order chi connectivity index (χ0) is 17.6. The molecule has 5 nitrogen and oxygen atoms in total. The first kappa shape index (κ1) is 16.9. The van der Waals surface area contributed by atoms with Gasteiger partial charge in [-0.15, -0.1) is 0 Å². The minimum Gasteiger partial charge on any atom is -0.378 e. The number of carbonyl (C=O) groups is 1. The molecule has 3 aliphatic rings. The lowest BCUT2D eigenvalue weighted by molar-refractivity contribution is -0.141. The number of aromatic nitrogens is 2. The maximum atomic E-state index is 13.0. The third-order valence-electron chi connectivity index (χ3n) is 5.80. The third-order valence-corrected chi connectivity index (χ3v) is 5.80. The van der Waals surface area contributed by atoms with E-state index in [4.69, 9.17) is 4.74 Å². The highest BCUT2D eigenvalue weighted by Gasteiger charge is 2.45. The second-order valence-corrected chi connectivity index (χ2v) is 7.34. The molecule has 8 heteroatoms. The SMILES string of the molecule is O=C(CC[C@H]1CCCO1)N1C[C@H]2CCc3c(C(F)(F)F)n[nH]c3[C@H]2C1. The number of ether oxygens (including phenoxy) is 1. The minimum atomic E-state index is -4.42. The van der Waals surface area contributed by atoms with E-state index in [2.05, 4.69) is 10.2 Å². The predicted octanol–water partition coefficient (Wildman–Crippen LogP) is 2.88. The Hall–Kier alpha value is -1.57. The first-order valence-electron chi connectivity index (χ1n) is 8.97. The molecule has 0 radical (unpaired) electrons. The van der Waals surface area contributed by atoms with E-state index in [-0.39, 0.29) is 23.8 Å².